The number of benzene rings is 1. The number of aryl methyl sites for hydroxylation is 1. The summed E-state index contributed by atoms with van der Waals surface area (Å²) in [4.78, 5) is 4.49. The Morgan fingerprint density at radius 1 is 1.35 bits per heavy atom. The van der Waals surface area contributed by atoms with E-state index in [-0.39, 0.29) is 5.92 Å². The molecule has 0 bridgehead atoms. The van der Waals surface area contributed by atoms with E-state index in [2.05, 4.69) is 27.0 Å². The van der Waals surface area contributed by atoms with Crippen LogP contribution in [-0.4, -0.2) is 10.1 Å². The molecule has 1 heterocycles. The molecule has 2 aromatic rings. The molecule has 1 aromatic carbocycles. The van der Waals surface area contributed by atoms with Crippen LogP contribution in [0.15, 0.2) is 41.0 Å². The summed E-state index contributed by atoms with van der Waals surface area (Å²) in [5, 5.41) is 11.4. The van der Waals surface area contributed by atoms with Gasteiger partial charge in [0.1, 0.15) is 0 Å². The summed E-state index contributed by atoms with van der Waals surface area (Å²) in [5.74, 6) is 0.0532. The molecular weight excluding hydrogens is 338 g/mol. The molecule has 0 fully saturated rings. The van der Waals surface area contributed by atoms with Crippen LogP contribution in [0.3, 0.4) is 0 Å². The highest BCUT2D eigenvalue weighted by molar-refractivity contribution is 9.10. The van der Waals surface area contributed by atoms with Crippen LogP contribution in [0, 0.1) is 0 Å². The van der Waals surface area contributed by atoms with E-state index in [0.29, 0.717) is 5.02 Å². The van der Waals surface area contributed by atoms with E-state index < -0.39 is 6.10 Å². The molecule has 2 unspecified atom stereocenters. The number of aromatic nitrogens is 1. The minimum absolute atomic E-state index is 0.0532. The van der Waals surface area contributed by atoms with Crippen LogP contribution in [0.1, 0.15) is 41.7 Å². The first-order chi connectivity index (χ1) is 9.66. The summed E-state index contributed by atoms with van der Waals surface area (Å²) in [6.07, 6.45) is 4.34. The molecule has 104 valence electrons. The first-order valence-corrected chi connectivity index (χ1v) is 7.90. The van der Waals surface area contributed by atoms with Gasteiger partial charge in [0, 0.05) is 27.3 Å². The summed E-state index contributed by atoms with van der Waals surface area (Å²) in [6, 6.07) is 9.59. The summed E-state index contributed by atoms with van der Waals surface area (Å²) in [7, 11) is 0. The van der Waals surface area contributed by atoms with Crippen molar-refractivity contribution < 1.29 is 5.11 Å². The second-order valence-corrected chi connectivity index (χ2v) is 6.45. The number of hydrogen-bond donors (Lipinski definition) is 1. The van der Waals surface area contributed by atoms with E-state index in [9.17, 15) is 5.11 Å². The molecule has 0 aliphatic heterocycles. The van der Waals surface area contributed by atoms with Crippen LogP contribution in [0.2, 0.25) is 5.02 Å². The minimum atomic E-state index is -0.560. The number of rotatable bonds is 2. The summed E-state index contributed by atoms with van der Waals surface area (Å²) in [6.45, 7) is 0. The van der Waals surface area contributed by atoms with Crippen LogP contribution in [0.5, 0.6) is 0 Å². The van der Waals surface area contributed by atoms with Crippen molar-refractivity contribution in [3.8, 4) is 0 Å². The quantitative estimate of drug-likeness (QED) is 0.853. The smallest absolute Gasteiger partial charge is 0.0884 e. The lowest BCUT2D eigenvalue weighted by molar-refractivity contribution is 0.133. The zero-order chi connectivity index (χ0) is 14.1. The van der Waals surface area contributed by atoms with Crippen molar-refractivity contribution in [3.05, 3.63) is 62.8 Å². The van der Waals surface area contributed by atoms with Crippen molar-refractivity contribution in [3.63, 3.8) is 0 Å². The standard InChI is InChI=1S/C16H15BrClNO/c17-14-9-11(18)6-7-12(14)16(20)13-5-1-3-10-4-2-8-19-15(10)13/h2,4,6-9,13,16,20H,1,3,5H2. The molecule has 0 spiro atoms. The maximum atomic E-state index is 10.8. The zero-order valence-corrected chi connectivity index (χ0v) is 13.2. The third-order valence-corrected chi connectivity index (χ3v) is 4.82. The van der Waals surface area contributed by atoms with Gasteiger partial charge >= 0.3 is 0 Å². The highest BCUT2D eigenvalue weighted by Crippen LogP contribution is 2.41. The number of halogens is 2. The summed E-state index contributed by atoms with van der Waals surface area (Å²) >= 11 is 9.45. The van der Waals surface area contributed by atoms with E-state index in [1.54, 1.807) is 6.20 Å². The van der Waals surface area contributed by atoms with Crippen LogP contribution in [-0.2, 0) is 6.42 Å². The Bertz CT molecular complexity index is 632. The lowest BCUT2D eigenvalue weighted by Gasteiger charge is -2.29. The van der Waals surface area contributed by atoms with Crippen LogP contribution >= 0.6 is 27.5 Å². The molecule has 1 aliphatic rings. The maximum absolute atomic E-state index is 10.8. The Kier molecular flexibility index (Phi) is 4.11. The Labute approximate surface area is 131 Å². The topological polar surface area (TPSA) is 33.1 Å². The SMILES string of the molecule is OC(c1ccc(Cl)cc1Br)C1CCCc2cccnc21. The predicted molar refractivity (Wildman–Crippen MR) is 84.0 cm³/mol. The highest BCUT2D eigenvalue weighted by atomic mass is 79.9. The van der Waals surface area contributed by atoms with Gasteiger partial charge in [-0.1, -0.05) is 39.7 Å². The van der Waals surface area contributed by atoms with Gasteiger partial charge < -0.3 is 5.11 Å². The zero-order valence-electron chi connectivity index (χ0n) is 10.9. The molecule has 0 amide bonds. The molecule has 3 rings (SSSR count). The van der Waals surface area contributed by atoms with Crippen LogP contribution in [0.4, 0.5) is 0 Å². The van der Waals surface area contributed by atoms with Gasteiger partial charge in [0.15, 0.2) is 0 Å². The Morgan fingerprint density at radius 2 is 2.20 bits per heavy atom. The van der Waals surface area contributed by atoms with E-state index in [1.807, 2.05) is 24.3 Å². The molecule has 0 radical (unpaired) electrons. The lowest BCUT2D eigenvalue weighted by atomic mass is 9.81. The van der Waals surface area contributed by atoms with Gasteiger partial charge in [-0.25, -0.2) is 0 Å². The maximum Gasteiger partial charge on any atom is 0.0884 e. The van der Waals surface area contributed by atoms with Gasteiger partial charge in [-0.05, 0) is 48.6 Å². The van der Waals surface area contributed by atoms with E-state index in [0.717, 1.165) is 35.0 Å². The van der Waals surface area contributed by atoms with E-state index in [1.165, 1.54) is 5.56 Å². The van der Waals surface area contributed by atoms with E-state index in [4.69, 9.17) is 11.6 Å². The third kappa shape index (κ3) is 2.62. The molecule has 1 aromatic heterocycles. The summed E-state index contributed by atoms with van der Waals surface area (Å²) < 4.78 is 0.848. The number of nitrogens with zero attached hydrogens (tertiary/aromatic N) is 1. The molecule has 2 nitrogen and oxygen atoms in total. The van der Waals surface area contributed by atoms with Gasteiger partial charge in [0.2, 0.25) is 0 Å². The largest absolute Gasteiger partial charge is 0.388 e. The van der Waals surface area contributed by atoms with Crippen LogP contribution < -0.4 is 0 Å². The molecule has 1 N–H and O–H groups in total. The van der Waals surface area contributed by atoms with Crippen LogP contribution in [0.25, 0.3) is 0 Å². The third-order valence-electron chi connectivity index (χ3n) is 3.90. The summed E-state index contributed by atoms with van der Waals surface area (Å²) in [5.41, 5.74) is 3.17. The number of pyridine rings is 1. The monoisotopic (exact) mass is 351 g/mol. The molecule has 0 saturated carbocycles. The number of hydrogen-bond acceptors (Lipinski definition) is 2. The lowest BCUT2D eigenvalue weighted by Crippen LogP contribution is -2.18. The second-order valence-electron chi connectivity index (χ2n) is 5.16. The minimum Gasteiger partial charge on any atom is -0.388 e. The van der Waals surface area contributed by atoms with Crippen molar-refractivity contribution in [1.29, 1.82) is 0 Å². The molecular formula is C16H15BrClNO. The molecule has 1 aliphatic carbocycles. The van der Waals surface area contributed by atoms with Gasteiger partial charge in [0.05, 0.1) is 6.10 Å². The van der Waals surface area contributed by atoms with Gasteiger partial charge in [-0.3, -0.25) is 4.98 Å². The average molecular weight is 353 g/mol. The molecule has 20 heavy (non-hydrogen) atoms. The van der Waals surface area contributed by atoms with Crippen molar-refractivity contribution in [2.24, 2.45) is 0 Å². The molecule has 0 saturated heterocycles. The fraction of sp³-hybridized carbons (Fsp3) is 0.312. The van der Waals surface area contributed by atoms with E-state index >= 15 is 0 Å². The fourth-order valence-corrected chi connectivity index (χ4v) is 3.83. The number of aliphatic hydroxyl groups is 1. The number of aliphatic hydroxyl groups excluding tert-OH is 1. The van der Waals surface area contributed by atoms with Crippen molar-refractivity contribution in [2.75, 3.05) is 0 Å². The fourth-order valence-electron chi connectivity index (χ4n) is 2.91. The second kappa shape index (κ2) is 5.84. The van der Waals surface area contributed by atoms with Gasteiger partial charge in [-0.2, -0.15) is 0 Å². The van der Waals surface area contributed by atoms with Gasteiger partial charge in [-0.15, -0.1) is 0 Å². The predicted octanol–water partition coefficient (Wildman–Crippen LogP) is 4.65. The van der Waals surface area contributed by atoms with Crippen molar-refractivity contribution in [1.82, 2.24) is 4.98 Å². The van der Waals surface area contributed by atoms with Crippen molar-refractivity contribution in [2.45, 2.75) is 31.3 Å². The molecule has 2 atom stereocenters. The van der Waals surface area contributed by atoms with Gasteiger partial charge in [0.25, 0.3) is 0 Å². The normalized spacial score (nSPS) is 19.4. The first kappa shape index (κ1) is 14.1. The Morgan fingerprint density at radius 3 is 3.00 bits per heavy atom. The first-order valence-electron chi connectivity index (χ1n) is 6.73. The Hall–Kier alpha value is -0.900. The Balaban J connectivity index is 1.97. The van der Waals surface area contributed by atoms with Crippen molar-refractivity contribution >= 4 is 27.5 Å². The highest BCUT2D eigenvalue weighted by Gasteiger charge is 2.29. The average Bonchev–Trinajstić information content (AvgIpc) is 2.46. The molecule has 4 heteroatoms. The number of fused-ring (bicyclic) bond motifs is 1.